The van der Waals surface area contributed by atoms with Crippen LogP contribution in [0.15, 0.2) is 24.5 Å². The summed E-state index contributed by atoms with van der Waals surface area (Å²) in [5.41, 5.74) is 1.47. The van der Waals surface area contributed by atoms with Gasteiger partial charge in [0.15, 0.2) is 12.4 Å². The maximum absolute atomic E-state index is 9.22. The van der Waals surface area contributed by atoms with Gasteiger partial charge in [-0.1, -0.05) is 39.0 Å². The van der Waals surface area contributed by atoms with Gasteiger partial charge >= 0.3 is 0 Å². The summed E-state index contributed by atoms with van der Waals surface area (Å²) in [5, 5.41) is 0. The van der Waals surface area contributed by atoms with Gasteiger partial charge in [-0.2, -0.15) is 0 Å². The first-order valence-corrected chi connectivity index (χ1v) is 8.68. The predicted molar refractivity (Wildman–Crippen MR) is 81.4 cm³/mol. The fourth-order valence-corrected chi connectivity index (χ4v) is 1.91. The molecule has 0 saturated heterocycles. The van der Waals surface area contributed by atoms with E-state index in [0.717, 1.165) is 7.11 Å². The number of hydrogen-bond acceptors (Lipinski definition) is 4. The van der Waals surface area contributed by atoms with Crippen molar-refractivity contribution in [1.29, 1.82) is 0 Å². The molecule has 21 heavy (non-hydrogen) atoms. The molecule has 6 heteroatoms. The van der Waals surface area contributed by atoms with Crippen molar-refractivity contribution in [3.63, 3.8) is 0 Å². The molecular weight excluding hydrogens is 290 g/mol. The third kappa shape index (κ3) is 13.7. The van der Waals surface area contributed by atoms with Crippen molar-refractivity contribution >= 4 is 10.4 Å². The van der Waals surface area contributed by atoms with Gasteiger partial charge in [0.2, 0.25) is 10.4 Å². The second kappa shape index (κ2) is 11.7. The molecule has 0 aromatic carbocycles. The van der Waals surface area contributed by atoms with Crippen LogP contribution in [0, 0.1) is 0 Å². The van der Waals surface area contributed by atoms with Crippen LogP contribution in [0.4, 0.5) is 0 Å². The van der Waals surface area contributed by atoms with Gasteiger partial charge in [0, 0.05) is 11.6 Å². The minimum atomic E-state index is -4.41. The largest absolute Gasteiger partial charge is 0.726 e. The highest BCUT2D eigenvalue weighted by atomic mass is 32.3. The van der Waals surface area contributed by atoms with Gasteiger partial charge in [0.05, 0.1) is 7.11 Å². The first-order chi connectivity index (χ1) is 9.89. The molecule has 0 saturated carbocycles. The van der Waals surface area contributed by atoms with Crippen molar-refractivity contribution in [3.8, 4) is 0 Å². The summed E-state index contributed by atoms with van der Waals surface area (Å²) in [6, 6.07) is 4.36. The number of aromatic nitrogens is 1. The van der Waals surface area contributed by atoms with Crippen LogP contribution in [0.3, 0.4) is 0 Å². The number of aryl methyl sites for hydroxylation is 2. The minimum Gasteiger partial charge on any atom is -0.726 e. The zero-order chi connectivity index (χ0) is 16.1. The van der Waals surface area contributed by atoms with E-state index in [1.165, 1.54) is 50.5 Å². The smallest absolute Gasteiger partial charge is 0.217 e. The number of unbranched alkanes of at least 4 members (excludes halogenated alkanes) is 5. The van der Waals surface area contributed by atoms with E-state index in [2.05, 4.69) is 47.2 Å². The van der Waals surface area contributed by atoms with Gasteiger partial charge in [-0.25, -0.2) is 13.0 Å². The molecule has 1 rings (SSSR count). The van der Waals surface area contributed by atoms with Crippen molar-refractivity contribution in [3.05, 3.63) is 30.1 Å². The molecule has 0 radical (unpaired) electrons. The van der Waals surface area contributed by atoms with E-state index in [4.69, 9.17) is 0 Å². The molecular formula is C15H27NO4S. The van der Waals surface area contributed by atoms with Crippen LogP contribution in [0.25, 0.3) is 0 Å². The van der Waals surface area contributed by atoms with Crippen molar-refractivity contribution < 1.29 is 21.7 Å². The summed E-state index contributed by atoms with van der Waals surface area (Å²) in [6.07, 6.45) is 13.9. The van der Waals surface area contributed by atoms with Crippen LogP contribution < -0.4 is 4.57 Å². The maximum Gasteiger partial charge on any atom is 0.217 e. The summed E-state index contributed by atoms with van der Waals surface area (Å²) in [7, 11) is -1.52. The van der Waals surface area contributed by atoms with E-state index >= 15 is 0 Å². The molecule has 0 spiro atoms. The van der Waals surface area contributed by atoms with Gasteiger partial charge in [-0.3, -0.25) is 4.18 Å². The number of pyridine rings is 1. The van der Waals surface area contributed by atoms with Crippen molar-refractivity contribution in [2.75, 3.05) is 7.11 Å². The molecule has 0 aliphatic carbocycles. The Labute approximate surface area is 128 Å². The summed E-state index contributed by atoms with van der Waals surface area (Å²) >= 11 is 0. The quantitative estimate of drug-likeness (QED) is 0.320. The Morgan fingerprint density at radius 3 is 2.29 bits per heavy atom. The van der Waals surface area contributed by atoms with E-state index in [-0.39, 0.29) is 0 Å². The highest BCUT2D eigenvalue weighted by molar-refractivity contribution is 7.80. The van der Waals surface area contributed by atoms with Crippen LogP contribution in [-0.2, 0) is 28.1 Å². The summed E-state index contributed by atoms with van der Waals surface area (Å²) < 4.78 is 33.2. The van der Waals surface area contributed by atoms with Crippen molar-refractivity contribution in [2.45, 2.75) is 51.9 Å². The summed E-state index contributed by atoms with van der Waals surface area (Å²) in [6.45, 7) is 2.27. The third-order valence-electron chi connectivity index (χ3n) is 3.02. The maximum atomic E-state index is 9.22. The number of hydrogen-bond donors (Lipinski definition) is 0. The van der Waals surface area contributed by atoms with Gasteiger partial charge in [0.25, 0.3) is 0 Å². The van der Waals surface area contributed by atoms with E-state index in [1.54, 1.807) is 0 Å². The first kappa shape index (κ1) is 20.0. The van der Waals surface area contributed by atoms with Gasteiger partial charge < -0.3 is 4.55 Å². The van der Waals surface area contributed by atoms with Gasteiger partial charge in [-0.15, -0.1) is 0 Å². The van der Waals surface area contributed by atoms with Crippen LogP contribution in [0.5, 0.6) is 0 Å². The molecule has 0 fully saturated rings. The van der Waals surface area contributed by atoms with E-state index in [1.807, 2.05) is 0 Å². The minimum absolute atomic E-state index is 0.808. The van der Waals surface area contributed by atoms with Crippen LogP contribution in [0.1, 0.15) is 51.0 Å². The molecule has 0 amide bonds. The van der Waals surface area contributed by atoms with Crippen LogP contribution in [0.2, 0.25) is 0 Å². The lowest BCUT2D eigenvalue weighted by Gasteiger charge is -2.00. The van der Waals surface area contributed by atoms with E-state index < -0.39 is 10.4 Å². The van der Waals surface area contributed by atoms with Gasteiger partial charge in [0.1, 0.15) is 7.05 Å². The van der Waals surface area contributed by atoms with Crippen LogP contribution >= 0.6 is 0 Å². The Balaban J connectivity index is 0.000000567. The average Bonchev–Trinajstić information content (AvgIpc) is 2.43. The zero-order valence-electron chi connectivity index (χ0n) is 13.2. The normalized spacial score (nSPS) is 10.9. The lowest BCUT2D eigenvalue weighted by atomic mass is 10.1. The molecule has 0 unspecified atom stereocenters. The molecule has 1 aromatic rings. The molecule has 1 aromatic heterocycles. The molecule has 0 N–H and O–H groups in total. The summed E-state index contributed by atoms with van der Waals surface area (Å²) in [5.74, 6) is 0. The predicted octanol–water partition coefficient (Wildman–Crippen LogP) is 2.51. The highest BCUT2D eigenvalue weighted by Crippen LogP contribution is 2.08. The van der Waals surface area contributed by atoms with E-state index in [9.17, 15) is 13.0 Å². The first-order valence-electron chi connectivity index (χ1n) is 7.34. The highest BCUT2D eigenvalue weighted by Gasteiger charge is 1.97. The monoisotopic (exact) mass is 317 g/mol. The van der Waals surface area contributed by atoms with Gasteiger partial charge in [-0.05, 0) is 18.9 Å². The number of rotatable bonds is 8. The topological polar surface area (TPSA) is 70.3 Å². The Hall–Kier alpha value is -0.980. The Morgan fingerprint density at radius 1 is 1.19 bits per heavy atom. The fourth-order valence-electron chi connectivity index (χ4n) is 1.91. The molecule has 1 heterocycles. The molecule has 122 valence electrons. The Kier molecular flexibility index (Phi) is 11.1. The second-order valence-electron chi connectivity index (χ2n) is 4.97. The Bertz CT molecular complexity index is 474. The lowest BCUT2D eigenvalue weighted by Crippen LogP contribution is -2.26. The van der Waals surface area contributed by atoms with Crippen molar-refractivity contribution in [1.82, 2.24) is 0 Å². The fraction of sp³-hybridized carbons (Fsp3) is 0.667. The second-order valence-corrected chi connectivity index (χ2v) is 6.12. The van der Waals surface area contributed by atoms with Crippen LogP contribution in [-0.4, -0.2) is 20.1 Å². The zero-order valence-corrected chi connectivity index (χ0v) is 14.1. The molecule has 0 atom stereocenters. The van der Waals surface area contributed by atoms with Crippen molar-refractivity contribution in [2.24, 2.45) is 7.05 Å². The van der Waals surface area contributed by atoms with E-state index in [0.29, 0.717) is 0 Å². The lowest BCUT2D eigenvalue weighted by molar-refractivity contribution is -0.671. The molecule has 5 nitrogen and oxygen atoms in total. The molecule has 0 aliphatic heterocycles. The molecule has 0 aliphatic rings. The standard InChI is InChI=1S/C14H24N.CH4O4S/c1-3-4-5-6-7-8-10-14-11-9-12-15(2)13-14;1-5-6(2,3)4/h9,11-13H,3-8,10H2,1-2H3;1H3,(H,2,3,4)/q+1;/p-1. The number of nitrogens with zero attached hydrogens (tertiary/aromatic N) is 1. The third-order valence-corrected chi connectivity index (χ3v) is 3.43. The summed E-state index contributed by atoms with van der Waals surface area (Å²) in [4.78, 5) is 0. The molecule has 0 bridgehead atoms. The SMILES string of the molecule is CCCCCCCCc1ccc[n+](C)c1.COS(=O)(=O)[O-]. The Morgan fingerprint density at radius 2 is 1.76 bits per heavy atom. The average molecular weight is 317 g/mol.